The monoisotopic (exact) mass is 635 g/mol. The van der Waals surface area contributed by atoms with Crippen molar-refractivity contribution in [3.05, 3.63) is 0 Å². The molecule has 0 saturated heterocycles. The molecule has 0 spiro atoms. The standard InChI is InChI=1S/C26H54BrNO11/c1-28(2)4-6-30-8-10-32-12-14-34-16-18-36-20-22-38-24-26-39-25-23-37-21-19-35-17-15-33-13-11-31-9-7-29-5-3-27/h3-26H2,1-2H3. The Morgan fingerprint density at radius 2 is 0.487 bits per heavy atom. The predicted molar refractivity (Wildman–Crippen MR) is 151 cm³/mol. The minimum Gasteiger partial charge on any atom is -0.378 e. The maximum absolute atomic E-state index is 5.47. The highest BCUT2D eigenvalue weighted by Crippen LogP contribution is 1.87. The summed E-state index contributed by atoms with van der Waals surface area (Å²) in [5, 5.41) is 0.840. The average Bonchev–Trinajstić information content (AvgIpc) is 2.93. The van der Waals surface area contributed by atoms with Crippen molar-refractivity contribution in [1.82, 2.24) is 4.90 Å². The number of alkyl halides is 1. The molecule has 0 N–H and O–H groups in total. The first-order valence-corrected chi connectivity index (χ1v) is 15.0. The molecule has 0 radical (unpaired) electrons. The van der Waals surface area contributed by atoms with E-state index in [4.69, 9.17) is 52.1 Å². The molecule has 39 heavy (non-hydrogen) atoms. The third-order valence-electron chi connectivity index (χ3n) is 4.62. The topological polar surface area (TPSA) is 105 Å². The molecular weight excluding hydrogens is 582 g/mol. The van der Waals surface area contributed by atoms with E-state index >= 15 is 0 Å². The second-order valence-electron chi connectivity index (χ2n) is 8.23. The molecule has 0 fully saturated rings. The first kappa shape index (κ1) is 39.0. The van der Waals surface area contributed by atoms with Gasteiger partial charge in [-0.1, -0.05) is 15.9 Å². The van der Waals surface area contributed by atoms with Gasteiger partial charge in [-0.05, 0) is 14.1 Å². The fourth-order valence-corrected chi connectivity index (χ4v) is 2.83. The summed E-state index contributed by atoms with van der Waals surface area (Å²) in [6.45, 7) is 13.3. The van der Waals surface area contributed by atoms with Gasteiger partial charge in [0.2, 0.25) is 0 Å². The molecule has 0 aliphatic carbocycles. The number of nitrogens with zero attached hydrogens (tertiary/aromatic N) is 1. The van der Waals surface area contributed by atoms with Gasteiger partial charge in [-0.15, -0.1) is 0 Å². The Bertz CT molecular complexity index is 443. The summed E-state index contributed by atoms with van der Waals surface area (Å²) >= 11 is 3.30. The minimum absolute atomic E-state index is 0.522. The lowest BCUT2D eigenvalue weighted by atomic mass is 10.6. The van der Waals surface area contributed by atoms with Gasteiger partial charge in [0.05, 0.1) is 145 Å². The molecule has 12 nitrogen and oxygen atoms in total. The van der Waals surface area contributed by atoms with Crippen LogP contribution in [0.4, 0.5) is 0 Å². The molecule has 0 atom stereocenters. The molecule has 0 heterocycles. The van der Waals surface area contributed by atoms with Crippen LogP contribution in [0.15, 0.2) is 0 Å². The van der Waals surface area contributed by atoms with E-state index in [1.807, 2.05) is 14.1 Å². The molecule has 0 bridgehead atoms. The van der Waals surface area contributed by atoms with Crippen LogP contribution in [0.3, 0.4) is 0 Å². The number of likely N-dealkylation sites (N-methyl/N-ethyl adjacent to an activating group) is 1. The summed E-state index contributed by atoms with van der Waals surface area (Å²) in [4.78, 5) is 2.08. The van der Waals surface area contributed by atoms with E-state index in [-0.39, 0.29) is 0 Å². The average molecular weight is 637 g/mol. The van der Waals surface area contributed by atoms with Crippen LogP contribution >= 0.6 is 15.9 Å². The maximum atomic E-state index is 5.47. The molecule has 0 aliphatic heterocycles. The first-order valence-electron chi connectivity index (χ1n) is 13.8. The van der Waals surface area contributed by atoms with Crippen LogP contribution in [-0.4, -0.2) is 176 Å². The molecule has 0 saturated carbocycles. The van der Waals surface area contributed by atoms with Crippen molar-refractivity contribution in [2.75, 3.05) is 171 Å². The molecule has 13 heteroatoms. The van der Waals surface area contributed by atoms with Gasteiger partial charge in [-0.25, -0.2) is 0 Å². The first-order chi connectivity index (χ1) is 19.3. The third kappa shape index (κ3) is 38.0. The molecular formula is C26H54BrNO11. The highest BCUT2D eigenvalue weighted by molar-refractivity contribution is 9.09. The lowest BCUT2D eigenvalue weighted by Crippen LogP contribution is -2.19. The Morgan fingerprint density at radius 1 is 0.308 bits per heavy atom. The van der Waals surface area contributed by atoms with Crippen LogP contribution in [0, 0.1) is 0 Å². The predicted octanol–water partition coefficient (Wildman–Crippen LogP) is 1.13. The number of halogens is 1. The minimum atomic E-state index is 0.522. The van der Waals surface area contributed by atoms with E-state index in [2.05, 4.69) is 20.8 Å². The zero-order valence-corrected chi connectivity index (χ0v) is 25.9. The summed E-state index contributed by atoms with van der Waals surface area (Å²) in [6.07, 6.45) is 0. The molecule has 0 aliphatic rings. The highest BCUT2D eigenvalue weighted by atomic mass is 79.9. The molecule has 0 aromatic carbocycles. The van der Waals surface area contributed by atoms with Crippen LogP contribution in [0.1, 0.15) is 0 Å². The van der Waals surface area contributed by atoms with E-state index < -0.39 is 0 Å². The summed E-state index contributed by atoms with van der Waals surface area (Å²) < 4.78 is 59.7. The van der Waals surface area contributed by atoms with Crippen molar-refractivity contribution in [1.29, 1.82) is 0 Å². The van der Waals surface area contributed by atoms with Crippen LogP contribution in [0.2, 0.25) is 0 Å². The lowest BCUT2D eigenvalue weighted by Gasteiger charge is -2.10. The van der Waals surface area contributed by atoms with E-state index in [1.54, 1.807) is 0 Å². The van der Waals surface area contributed by atoms with Crippen LogP contribution in [-0.2, 0) is 52.1 Å². The quantitative estimate of drug-likeness (QED) is 0.0736. The van der Waals surface area contributed by atoms with Gasteiger partial charge in [0, 0.05) is 11.9 Å². The van der Waals surface area contributed by atoms with Gasteiger partial charge in [0.1, 0.15) is 0 Å². The smallest absolute Gasteiger partial charge is 0.0701 e. The van der Waals surface area contributed by atoms with E-state index in [0.717, 1.165) is 18.5 Å². The fourth-order valence-electron chi connectivity index (χ4n) is 2.60. The lowest BCUT2D eigenvalue weighted by molar-refractivity contribution is -0.0274. The zero-order chi connectivity index (χ0) is 28.3. The maximum Gasteiger partial charge on any atom is 0.0701 e. The number of ether oxygens (including phenoxy) is 11. The summed E-state index contributed by atoms with van der Waals surface area (Å²) in [5.41, 5.74) is 0. The van der Waals surface area contributed by atoms with Gasteiger partial charge in [0.25, 0.3) is 0 Å². The van der Waals surface area contributed by atoms with E-state index in [0.29, 0.717) is 139 Å². The van der Waals surface area contributed by atoms with Crippen LogP contribution in [0.5, 0.6) is 0 Å². The van der Waals surface area contributed by atoms with Crippen molar-refractivity contribution in [3.63, 3.8) is 0 Å². The van der Waals surface area contributed by atoms with Gasteiger partial charge in [-0.2, -0.15) is 0 Å². The number of hydrogen-bond donors (Lipinski definition) is 0. The highest BCUT2D eigenvalue weighted by Gasteiger charge is 1.96. The molecule has 0 unspecified atom stereocenters. The second-order valence-corrected chi connectivity index (χ2v) is 9.02. The second kappa shape index (κ2) is 36.0. The Morgan fingerprint density at radius 3 is 0.667 bits per heavy atom. The fraction of sp³-hybridized carbons (Fsp3) is 1.00. The Kier molecular flexibility index (Phi) is 36.0. The molecule has 0 aromatic rings. The van der Waals surface area contributed by atoms with Gasteiger partial charge in [-0.3, -0.25) is 0 Å². The molecule has 0 aromatic heterocycles. The number of hydrogen-bond acceptors (Lipinski definition) is 12. The Hall–Kier alpha value is 0.0000000000000000555. The summed E-state index contributed by atoms with van der Waals surface area (Å²) in [6, 6.07) is 0. The van der Waals surface area contributed by atoms with Crippen molar-refractivity contribution < 1.29 is 52.1 Å². The van der Waals surface area contributed by atoms with Crippen LogP contribution < -0.4 is 0 Å². The Balaban J connectivity index is 3.02. The largest absolute Gasteiger partial charge is 0.378 e. The summed E-state index contributed by atoms with van der Waals surface area (Å²) in [7, 11) is 4.04. The van der Waals surface area contributed by atoms with Crippen molar-refractivity contribution >= 4 is 15.9 Å². The Labute approximate surface area is 244 Å². The van der Waals surface area contributed by atoms with Crippen molar-refractivity contribution in [3.8, 4) is 0 Å². The summed E-state index contributed by atoms with van der Waals surface area (Å²) in [5.74, 6) is 0. The normalized spacial score (nSPS) is 11.7. The number of rotatable bonds is 35. The van der Waals surface area contributed by atoms with Gasteiger partial charge in [0.15, 0.2) is 0 Å². The zero-order valence-electron chi connectivity index (χ0n) is 24.3. The van der Waals surface area contributed by atoms with Crippen LogP contribution in [0.25, 0.3) is 0 Å². The molecule has 0 rings (SSSR count). The van der Waals surface area contributed by atoms with E-state index in [9.17, 15) is 0 Å². The van der Waals surface area contributed by atoms with Crippen molar-refractivity contribution in [2.24, 2.45) is 0 Å². The van der Waals surface area contributed by atoms with Gasteiger partial charge < -0.3 is 57.0 Å². The molecule has 236 valence electrons. The van der Waals surface area contributed by atoms with Crippen molar-refractivity contribution in [2.45, 2.75) is 0 Å². The van der Waals surface area contributed by atoms with E-state index in [1.165, 1.54) is 0 Å². The van der Waals surface area contributed by atoms with Gasteiger partial charge >= 0.3 is 0 Å². The SMILES string of the molecule is CN(C)CCOCCOCCOCCOCCOCCOCCOCCOCCOCCOCCOCCBr. The molecule has 0 amide bonds. The third-order valence-corrected chi connectivity index (χ3v) is 4.95.